The zero-order valence-electron chi connectivity index (χ0n) is 11.6. The van der Waals surface area contributed by atoms with E-state index in [0.717, 1.165) is 43.7 Å². The van der Waals surface area contributed by atoms with Crippen molar-refractivity contribution >= 4 is 30.7 Å². The molecule has 1 amide bonds. The maximum atomic E-state index is 12.4. The third-order valence-corrected chi connectivity index (χ3v) is 4.18. The molecule has 1 aromatic rings. The standard InChI is InChI=1S/C14H19N3O.2ClH/c1-11-6-12(8-16-7-11)13(18)17-5-3-14(10-17)2-4-15-9-14;;/h6-8,15H,2-5,9-10H2,1H3;2*1H. The molecule has 1 spiro atoms. The smallest absolute Gasteiger partial charge is 0.255 e. The predicted molar refractivity (Wildman–Crippen MR) is 83.9 cm³/mol. The zero-order valence-corrected chi connectivity index (χ0v) is 13.2. The summed E-state index contributed by atoms with van der Waals surface area (Å²) in [5, 5.41) is 3.41. The Morgan fingerprint density at radius 2 is 2.15 bits per heavy atom. The molecule has 0 radical (unpaired) electrons. The number of rotatable bonds is 1. The Kier molecular flexibility index (Phi) is 5.80. The van der Waals surface area contributed by atoms with Gasteiger partial charge in [0.05, 0.1) is 5.56 Å². The summed E-state index contributed by atoms with van der Waals surface area (Å²) < 4.78 is 0. The fourth-order valence-electron chi connectivity index (χ4n) is 3.11. The molecule has 2 fully saturated rings. The molecular formula is C14H21Cl2N3O. The van der Waals surface area contributed by atoms with Gasteiger partial charge in [0.25, 0.3) is 5.91 Å². The average Bonchev–Trinajstić information content (AvgIpc) is 3.00. The van der Waals surface area contributed by atoms with E-state index in [0.29, 0.717) is 5.41 Å². The van der Waals surface area contributed by atoms with Crippen LogP contribution >= 0.6 is 24.8 Å². The third-order valence-electron chi connectivity index (χ3n) is 4.18. The van der Waals surface area contributed by atoms with Crippen molar-refractivity contribution in [1.29, 1.82) is 0 Å². The van der Waals surface area contributed by atoms with Crippen molar-refractivity contribution in [2.75, 3.05) is 26.2 Å². The molecule has 3 heterocycles. The van der Waals surface area contributed by atoms with Crippen LogP contribution in [0.3, 0.4) is 0 Å². The maximum Gasteiger partial charge on any atom is 0.255 e. The highest BCUT2D eigenvalue weighted by atomic mass is 35.5. The first kappa shape index (κ1) is 17.2. The number of carbonyl (C=O) groups excluding carboxylic acids is 1. The van der Waals surface area contributed by atoms with E-state index in [1.807, 2.05) is 17.9 Å². The number of hydrogen-bond donors (Lipinski definition) is 1. The average molecular weight is 318 g/mol. The second kappa shape index (κ2) is 6.74. The van der Waals surface area contributed by atoms with E-state index < -0.39 is 0 Å². The molecule has 2 saturated heterocycles. The van der Waals surface area contributed by atoms with Gasteiger partial charge in [-0.3, -0.25) is 9.78 Å². The molecule has 2 aliphatic heterocycles. The minimum Gasteiger partial charge on any atom is -0.338 e. The van der Waals surface area contributed by atoms with Crippen LogP contribution in [0.15, 0.2) is 18.5 Å². The van der Waals surface area contributed by atoms with Gasteiger partial charge in [0.1, 0.15) is 0 Å². The number of halogens is 2. The van der Waals surface area contributed by atoms with Gasteiger partial charge >= 0.3 is 0 Å². The Hall–Kier alpha value is -0.840. The van der Waals surface area contributed by atoms with Gasteiger partial charge in [-0.25, -0.2) is 0 Å². The molecule has 4 nitrogen and oxygen atoms in total. The van der Waals surface area contributed by atoms with E-state index in [1.165, 1.54) is 6.42 Å². The summed E-state index contributed by atoms with van der Waals surface area (Å²) in [7, 11) is 0. The number of pyridine rings is 1. The van der Waals surface area contributed by atoms with Crippen LogP contribution < -0.4 is 5.32 Å². The van der Waals surface area contributed by atoms with E-state index in [-0.39, 0.29) is 30.7 Å². The van der Waals surface area contributed by atoms with Crippen LogP contribution in [0.5, 0.6) is 0 Å². The minimum absolute atomic E-state index is 0. The number of aryl methyl sites for hydroxylation is 1. The summed E-state index contributed by atoms with van der Waals surface area (Å²) in [5.74, 6) is 0.134. The number of amides is 1. The molecule has 0 bridgehead atoms. The second-order valence-electron chi connectivity index (χ2n) is 5.65. The number of likely N-dealkylation sites (tertiary alicyclic amines) is 1. The van der Waals surface area contributed by atoms with E-state index in [1.54, 1.807) is 12.4 Å². The van der Waals surface area contributed by atoms with Crippen LogP contribution in [0.1, 0.15) is 28.8 Å². The number of hydrogen-bond acceptors (Lipinski definition) is 3. The third kappa shape index (κ3) is 3.25. The molecule has 20 heavy (non-hydrogen) atoms. The largest absolute Gasteiger partial charge is 0.338 e. The van der Waals surface area contributed by atoms with Gasteiger partial charge in [0.2, 0.25) is 0 Å². The van der Waals surface area contributed by atoms with Crippen molar-refractivity contribution < 1.29 is 4.79 Å². The van der Waals surface area contributed by atoms with Crippen LogP contribution in [0.25, 0.3) is 0 Å². The van der Waals surface area contributed by atoms with Gasteiger partial charge in [-0.15, -0.1) is 24.8 Å². The van der Waals surface area contributed by atoms with Crippen LogP contribution in [-0.4, -0.2) is 42.0 Å². The Morgan fingerprint density at radius 1 is 1.35 bits per heavy atom. The summed E-state index contributed by atoms with van der Waals surface area (Å²) in [6, 6.07) is 1.92. The second-order valence-corrected chi connectivity index (χ2v) is 5.65. The summed E-state index contributed by atoms with van der Waals surface area (Å²) in [5.41, 5.74) is 2.10. The number of aromatic nitrogens is 1. The Bertz CT molecular complexity index is 475. The van der Waals surface area contributed by atoms with Gasteiger partial charge in [0.15, 0.2) is 0 Å². The van der Waals surface area contributed by atoms with Gasteiger partial charge in [-0.05, 0) is 37.9 Å². The SMILES string of the molecule is Cc1cncc(C(=O)N2CCC3(CCNC3)C2)c1.Cl.Cl. The summed E-state index contributed by atoms with van der Waals surface area (Å²) in [6.07, 6.45) is 5.78. The first-order valence-electron chi connectivity index (χ1n) is 6.60. The Morgan fingerprint density at radius 3 is 2.80 bits per heavy atom. The van der Waals surface area contributed by atoms with Crippen molar-refractivity contribution in [2.24, 2.45) is 5.41 Å². The van der Waals surface area contributed by atoms with Crippen LogP contribution in [-0.2, 0) is 0 Å². The molecule has 1 aromatic heterocycles. The first-order valence-corrected chi connectivity index (χ1v) is 6.60. The molecular weight excluding hydrogens is 297 g/mol. The molecule has 1 atom stereocenters. The quantitative estimate of drug-likeness (QED) is 0.862. The summed E-state index contributed by atoms with van der Waals surface area (Å²) >= 11 is 0. The molecule has 3 rings (SSSR count). The summed E-state index contributed by atoms with van der Waals surface area (Å²) in [6.45, 7) is 5.90. The lowest BCUT2D eigenvalue weighted by Crippen LogP contribution is -2.33. The van der Waals surface area contributed by atoms with Crippen molar-refractivity contribution in [3.05, 3.63) is 29.6 Å². The van der Waals surface area contributed by atoms with E-state index in [4.69, 9.17) is 0 Å². The zero-order chi connectivity index (χ0) is 12.6. The number of carbonyl (C=O) groups is 1. The first-order chi connectivity index (χ1) is 8.69. The number of nitrogens with one attached hydrogen (secondary N) is 1. The van der Waals surface area contributed by atoms with E-state index in [9.17, 15) is 4.79 Å². The predicted octanol–water partition coefficient (Wildman–Crippen LogP) is 2.06. The van der Waals surface area contributed by atoms with Crippen LogP contribution in [0, 0.1) is 12.3 Å². The van der Waals surface area contributed by atoms with Crippen molar-refractivity contribution in [3.63, 3.8) is 0 Å². The summed E-state index contributed by atoms with van der Waals surface area (Å²) in [4.78, 5) is 18.5. The van der Waals surface area contributed by atoms with E-state index in [2.05, 4.69) is 10.3 Å². The van der Waals surface area contributed by atoms with Crippen LogP contribution in [0.4, 0.5) is 0 Å². The fourth-order valence-corrected chi connectivity index (χ4v) is 3.11. The Balaban J connectivity index is 0.000001000. The van der Waals surface area contributed by atoms with Crippen LogP contribution in [0.2, 0.25) is 0 Å². The monoisotopic (exact) mass is 317 g/mol. The lowest BCUT2D eigenvalue weighted by molar-refractivity contribution is 0.0775. The highest BCUT2D eigenvalue weighted by Gasteiger charge is 2.41. The highest BCUT2D eigenvalue weighted by Crippen LogP contribution is 2.36. The van der Waals surface area contributed by atoms with E-state index >= 15 is 0 Å². The molecule has 0 aromatic carbocycles. The van der Waals surface area contributed by atoms with Crippen molar-refractivity contribution in [2.45, 2.75) is 19.8 Å². The van der Waals surface area contributed by atoms with Crippen molar-refractivity contribution in [3.8, 4) is 0 Å². The molecule has 1 N–H and O–H groups in total. The molecule has 112 valence electrons. The van der Waals surface area contributed by atoms with Gasteiger partial charge in [-0.1, -0.05) is 0 Å². The Labute approximate surface area is 132 Å². The lowest BCUT2D eigenvalue weighted by Gasteiger charge is -2.22. The molecule has 0 saturated carbocycles. The fraction of sp³-hybridized carbons (Fsp3) is 0.571. The topological polar surface area (TPSA) is 45.2 Å². The minimum atomic E-state index is 0. The highest BCUT2D eigenvalue weighted by molar-refractivity contribution is 5.94. The molecule has 2 aliphatic rings. The molecule has 0 aliphatic carbocycles. The van der Waals surface area contributed by atoms with Crippen molar-refractivity contribution in [1.82, 2.24) is 15.2 Å². The van der Waals surface area contributed by atoms with Gasteiger partial charge in [-0.2, -0.15) is 0 Å². The van der Waals surface area contributed by atoms with Gasteiger partial charge < -0.3 is 10.2 Å². The van der Waals surface area contributed by atoms with Gasteiger partial charge in [0, 0.05) is 37.4 Å². The molecule has 6 heteroatoms. The maximum absolute atomic E-state index is 12.4. The lowest BCUT2D eigenvalue weighted by atomic mass is 9.86. The normalized spacial score (nSPS) is 24.4. The number of nitrogens with zero attached hydrogens (tertiary/aromatic N) is 2. The molecule has 1 unspecified atom stereocenters.